The van der Waals surface area contributed by atoms with E-state index in [1.807, 2.05) is 0 Å². The highest BCUT2D eigenvalue weighted by atomic mass is 16.6. The Labute approximate surface area is 203 Å². The van der Waals surface area contributed by atoms with Crippen LogP contribution in [0.25, 0.3) is 0 Å². The predicted octanol–water partition coefficient (Wildman–Crippen LogP) is 1.39. The number of fused-ring (bicyclic) bond motifs is 4. The Morgan fingerprint density at radius 3 is 2.60 bits per heavy atom. The Hall–Kier alpha value is -2.98. The Morgan fingerprint density at radius 1 is 1.31 bits per heavy atom. The Balaban J connectivity index is 2.02. The second kappa shape index (κ2) is 8.60. The Kier molecular flexibility index (Phi) is 6.17. The molecular formula is C25H31NO9. The fourth-order valence-corrected chi connectivity index (χ4v) is 6.30. The largest absolute Gasteiger partial charge is 0.504 e. The van der Waals surface area contributed by atoms with E-state index in [4.69, 9.17) is 14.2 Å². The number of ether oxygens (including phenoxy) is 3. The average molecular weight is 490 g/mol. The van der Waals surface area contributed by atoms with E-state index < -0.39 is 58.7 Å². The van der Waals surface area contributed by atoms with Crippen molar-refractivity contribution in [2.75, 3.05) is 13.7 Å². The summed E-state index contributed by atoms with van der Waals surface area (Å²) in [4.78, 5) is 51.8. The first-order chi connectivity index (χ1) is 16.4. The molecule has 190 valence electrons. The van der Waals surface area contributed by atoms with Crippen LogP contribution in [-0.4, -0.2) is 65.9 Å². The molecule has 3 N–H and O–H groups in total. The minimum atomic E-state index is -1.31. The molecule has 0 aromatic carbocycles. The zero-order chi connectivity index (χ0) is 25.9. The van der Waals surface area contributed by atoms with Gasteiger partial charge in [0.25, 0.3) is 0 Å². The standard InChI is InChI=1S/C25H31NO9/c1-11(27)26-9-13-19-22(31)21(30)18-14-6-7-16(29)24(14,3)8-15(34-12(2)28)20(18)25(19,4)17(10-33-5)35-23(13)32/h9,11,14-15,17,26-27,31H,6-8,10H2,1-5H3/b13-9-/t11?,14?,15?,17?,24-,25-/m0/s1. The van der Waals surface area contributed by atoms with Gasteiger partial charge in [-0.1, -0.05) is 6.92 Å². The van der Waals surface area contributed by atoms with Gasteiger partial charge < -0.3 is 29.7 Å². The quantitative estimate of drug-likeness (QED) is 0.294. The van der Waals surface area contributed by atoms with Crippen LogP contribution in [0.1, 0.15) is 47.0 Å². The van der Waals surface area contributed by atoms with Gasteiger partial charge >= 0.3 is 11.9 Å². The van der Waals surface area contributed by atoms with Crippen LogP contribution in [0.2, 0.25) is 0 Å². The molecule has 2 fully saturated rings. The molecule has 4 aliphatic rings. The van der Waals surface area contributed by atoms with E-state index in [2.05, 4.69) is 5.32 Å². The number of hydrogen-bond acceptors (Lipinski definition) is 10. The van der Waals surface area contributed by atoms with Crippen LogP contribution in [-0.2, 0) is 33.4 Å². The molecule has 1 saturated carbocycles. The van der Waals surface area contributed by atoms with E-state index >= 15 is 0 Å². The molecule has 0 aromatic rings. The number of allylic oxidation sites excluding steroid dienone is 1. The number of hydrogen-bond donors (Lipinski definition) is 3. The van der Waals surface area contributed by atoms with Gasteiger partial charge in [-0.15, -0.1) is 0 Å². The zero-order valence-electron chi connectivity index (χ0n) is 20.5. The number of ketones is 2. The highest BCUT2D eigenvalue weighted by Gasteiger charge is 2.64. The number of Topliss-reactive ketones (excluding diaryl/α,β-unsaturated/α-hetero) is 2. The van der Waals surface area contributed by atoms with Gasteiger partial charge in [-0.25, -0.2) is 4.79 Å². The summed E-state index contributed by atoms with van der Waals surface area (Å²) in [5.41, 5.74) is -1.71. The third kappa shape index (κ3) is 3.61. The fraction of sp³-hybridized carbons (Fsp3) is 0.600. The lowest BCUT2D eigenvalue weighted by molar-refractivity contribution is -0.160. The predicted molar refractivity (Wildman–Crippen MR) is 120 cm³/mol. The van der Waals surface area contributed by atoms with E-state index in [0.717, 1.165) is 0 Å². The second-order valence-electron chi connectivity index (χ2n) is 10.1. The summed E-state index contributed by atoms with van der Waals surface area (Å²) in [6.07, 6.45) is -0.874. The highest BCUT2D eigenvalue weighted by molar-refractivity contribution is 6.14. The van der Waals surface area contributed by atoms with Gasteiger partial charge in [0.1, 0.15) is 24.2 Å². The minimum absolute atomic E-state index is 0.0118. The average Bonchev–Trinajstić information content (AvgIpc) is 3.06. The van der Waals surface area contributed by atoms with Crippen molar-refractivity contribution < 1.29 is 43.6 Å². The maximum Gasteiger partial charge on any atom is 0.340 e. The van der Waals surface area contributed by atoms with Crippen molar-refractivity contribution in [1.82, 2.24) is 5.32 Å². The summed E-state index contributed by atoms with van der Waals surface area (Å²) in [5.74, 6) is -3.24. The van der Waals surface area contributed by atoms with Crippen molar-refractivity contribution >= 4 is 23.5 Å². The number of esters is 2. The smallest absolute Gasteiger partial charge is 0.340 e. The first-order valence-electron chi connectivity index (χ1n) is 11.7. The van der Waals surface area contributed by atoms with E-state index in [1.54, 1.807) is 13.8 Å². The summed E-state index contributed by atoms with van der Waals surface area (Å²) in [5, 5.41) is 23.6. The monoisotopic (exact) mass is 489 g/mol. The van der Waals surface area contributed by atoms with Crippen molar-refractivity contribution in [2.24, 2.45) is 16.7 Å². The SMILES string of the molecule is COCC1OC(=O)/C(=C\NC(C)O)C2=C(O)C(=O)C3=C(C(OC(C)=O)C[C@]4(C)C(=O)CCC34)[C@]21C. The summed E-state index contributed by atoms with van der Waals surface area (Å²) in [6.45, 7) is 6.11. The normalized spacial score (nSPS) is 36.5. The van der Waals surface area contributed by atoms with Crippen LogP contribution in [0.15, 0.2) is 34.3 Å². The molecule has 0 aromatic heterocycles. The molecule has 1 aliphatic heterocycles. The summed E-state index contributed by atoms with van der Waals surface area (Å²) in [6, 6.07) is 0. The number of carbonyl (C=O) groups excluding carboxylic acids is 4. The van der Waals surface area contributed by atoms with E-state index in [9.17, 15) is 29.4 Å². The molecule has 4 unspecified atom stereocenters. The zero-order valence-corrected chi connectivity index (χ0v) is 20.5. The van der Waals surface area contributed by atoms with Crippen molar-refractivity contribution in [1.29, 1.82) is 0 Å². The van der Waals surface area contributed by atoms with Crippen molar-refractivity contribution in [3.8, 4) is 0 Å². The number of aliphatic hydroxyl groups excluding tert-OH is 2. The number of rotatable bonds is 5. The van der Waals surface area contributed by atoms with Gasteiger partial charge in [0.15, 0.2) is 5.76 Å². The molecule has 0 spiro atoms. The molecule has 3 aliphatic carbocycles. The first kappa shape index (κ1) is 25.1. The number of nitrogens with one attached hydrogen (secondary N) is 1. The van der Waals surface area contributed by atoms with E-state index in [-0.39, 0.29) is 42.0 Å². The molecule has 0 bridgehead atoms. The summed E-state index contributed by atoms with van der Waals surface area (Å²) in [7, 11) is 1.43. The third-order valence-corrected chi connectivity index (χ3v) is 7.89. The number of carbonyl (C=O) groups is 4. The fourth-order valence-electron chi connectivity index (χ4n) is 6.30. The van der Waals surface area contributed by atoms with Crippen molar-refractivity contribution in [2.45, 2.75) is 65.4 Å². The number of methoxy groups -OCH3 is 1. The molecular weight excluding hydrogens is 458 g/mol. The van der Waals surface area contributed by atoms with Gasteiger partial charge in [-0.2, -0.15) is 0 Å². The molecule has 4 rings (SSSR count). The minimum Gasteiger partial charge on any atom is -0.504 e. The molecule has 1 saturated heterocycles. The first-order valence-corrected chi connectivity index (χ1v) is 11.7. The molecule has 6 atom stereocenters. The lowest BCUT2D eigenvalue weighted by atomic mass is 9.53. The van der Waals surface area contributed by atoms with E-state index in [0.29, 0.717) is 12.0 Å². The third-order valence-electron chi connectivity index (χ3n) is 7.89. The molecule has 0 amide bonds. The molecule has 1 heterocycles. The van der Waals surface area contributed by atoms with Crippen LogP contribution >= 0.6 is 0 Å². The lowest BCUT2D eigenvalue weighted by Gasteiger charge is -2.53. The van der Waals surface area contributed by atoms with Gasteiger partial charge in [0, 0.05) is 55.6 Å². The van der Waals surface area contributed by atoms with Crippen LogP contribution in [0.4, 0.5) is 0 Å². The molecule has 10 nitrogen and oxygen atoms in total. The maximum atomic E-state index is 13.7. The van der Waals surface area contributed by atoms with Gasteiger partial charge in [-0.3, -0.25) is 14.4 Å². The van der Waals surface area contributed by atoms with Gasteiger partial charge in [0.2, 0.25) is 5.78 Å². The van der Waals surface area contributed by atoms with Crippen molar-refractivity contribution in [3.05, 3.63) is 34.3 Å². The van der Waals surface area contributed by atoms with Gasteiger partial charge in [0.05, 0.1) is 17.6 Å². The number of cyclic esters (lactones) is 1. The molecule has 10 heteroatoms. The van der Waals surface area contributed by atoms with Crippen LogP contribution in [0.5, 0.6) is 0 Å². The Bertz CT molecular complexity index is 1100. The van der Waals surface area contributed by atoms with Crippen LogP contribution in [0, 0.1) is 16.7 Å². The van der Waals surface area contributed by atoms with Crippen molar-refractivity contribution in [3.63, 3.8) is 0 Å². The van der Waals surface area contributed by atoms with Gasteiger partial charge in [-0.05, 0) is 25.8 Å². The molecule has 35 heavy (non-hydrogen) atoms. The lowest BCUT2D eigenvalue weighted by Crippen LogP contribution is -2.57. The van der Waals surface area contributed by atoms with Crippen LogP contribution < -0.4 is 5.32 Å². The number of aliphatic hydroxyl groups is 2. The summed E-state index contributed by atoms with van der Waals surface area (Å²) >= 11 is 0. The summed E-state index contributed by atoms with van der Waals surface area (Å²) < 4.78 is 16.8. The molecule has 0 radical (unpaired) electrons. The van der Waals surface area contributed by atoms with E-state index in [1.165, 1.54) is 27.2 Å². The highest BCUT2D eigenvalue weighted by Crippen LogP contribution is 2.62. The van der Waals surface area contributed by atoms with Crippen LogP contribution in [0.3, 0.4) is 0 Å². The second-order valence-corrected chi connectivity index (χ2v) is 10.1. The maximum absolute atomic E-state index is 13.7. The topological polar surface area (TPSA) is 148 Å². The Morgan fingerprint density at radius 2 is 2.00 bits per heavy atom.